The third-order valence-corrected chi connectivity index (χ3v) is 3.80. The lowest BCUT2D eigenvalue weighted by molar-refractivity contribution is 0.477. The van der Waals surface area contributed by atoms with Crippen molar-refractivity contribution in [3.63, 3.8) is 0 Å². The molecular formula is C20H21N5O. The zero-order valence-corrected chi connectivity index (χ0v) is 15.0. The molecule has 0 radical (unpaired) electrons. The van der Waals surface area contributed by atoms with Gasteiger partial charge in [-0.25, -0.2) is 9.97 Å². The number of hydrazone groups is 1. The molecule has 0 saturated heterocycles. The molecule has 3 rings (SSSR count). The summed E-state index contributed by atoms with van der Waals surface area (Å²) in [4.78, 5) is 10.9. The predicted octanol–water partition coefficient (Wildman–Crippen LogP) is 3.67. The standard InChI is InChI=1S/C20H21N5O/c1-14-12-19(23-20(22-14)17-6-4-5-7-18(17)26)24-21-13-15-8-10-16(11-9-15)25(2)3/h4-13,26H,1-3H3,(H,22,23,24)/b21-13+. The van der Waals surface area contributed by atoms with Crippen LogP contribution in [0.2, 0.25) is 0 Å². The van der Waals surface area contributed by atoms with Crippen molar-refractivity contribution in [1.29, 1.82) is 0 Å². The Hall–Kier alpha value is -3.41. The predicted molar refractivity (Wildman–Crippen MR) is 106 cm³/mol. The molecular weight excluding hydrogens is 326 g/mol. The quantitative estimate of drug-likeness (QED) is 0.544. The number of para-hydroxylation sites is 1. The lowest BCUT2D eigenvalue weighted by Crippen LogP contribution is -2.08. The first-order valence-corrected chi connectivity index (χ1v) is 8.23. The van der Waals surface area contributed by atoms with Crippen LogP contribution in [0.3, 0.4) is 0 Å². The Morgan fingerprint density at radius 2 is 1.77 bits per heavy atom. The summed E-state index contributed by atoms with van der Waals surface area (Å²) in [7, 11) is 4.01. The summed E-state index contributed by atoms with van der Waals surface area (Å²) in [6.07, 6.45) is 1.73. The van der Waals surface area contributed by atoms with E-state index in [9.17, 15) is 5.11 Å². The SMILES string of the molecule is Cc1cc(N/N=C/c2ccc(N(C)C)cc2)nc(-c2ccccc2O)n1. The summed E-state index contributed by atoms with van der Waals surface area (Å²) >= 11 is 0. The van der Waals surface area contributed by atoms with Crippen LogP contribution in [0.4, 0.5) is 11.5 Å². The molecule has 6 nitrogen and oxygen atoms in total. The number of aryl methyl sites for hydroxylation is 1. The molecule has 2 aromatic carbocycles. The zero-order chi connectivity index (χ0) is 18.5. The van der Waals surface area contributed by atoms with Gasteiger partial charge < -0.3 is 10.0 Å². The van der Waals surface area contributed by atoms with Crippen LogP contribution in [0.15, 0.2) is 59.7 Å². The highest BCUT2D eigenvalue weighted by Crippen LogP contribution is 2.26. The summed E-state index contributed by atoms with van der Waals surface area (Å²) in [5, 5.41) is 14.2. The van der Waals surface area contributed by atoms with Crippen LogP contribution in [-0.2, 0) is 0 Å². The Morgan fingerprint density at radius 1 is 1.04 bits per heavy atom. The minimum Gasteiger partial charge on any atom is -0.507 e. The van der Waals surface area contributed by atoms with Crippen LogP contribution in [-0.4, -0.2) is 35.4 Å². The molecule has 0 atom stereocenters. The van der Waals surface area contributed by atoms with Crippen LogP contribution in [0, 0.1) is 6.92 Å². The fraction of sp³-hybridized carbons (Fsp3) is 0.150. The van der Waals surface area contributed by atoms with Crippen LogP contribution in [0.25, 0.3) is 11.4 Å². The van der Waals surface area contributed by atoms with Gasteiger partial charge in [-0.1, -0.05) is 24.3 Å². The number of aromatic hydroxyl groups is 1. The van der Waals surface area contributed by atoms with Gasteiger partial charge in [0.2, 0.25) is 0 Å². The van der Waals surface area contributed by atoms with Gasteiger partial charge in [0.1, 0.15) is 5.75 Å². The second-order valence-electron chi connectivity index (χ2n) is 6.09. The highest BCUT2D eigenvalue weighted by Gasteiger charge is 2.08. The first-order chi connectivity index (χ1) is 12.5. The van der Waals surface area contributed by atoms with Gasteiger partial charge >= 0.3 is 0 Å². The molecule has 0 aliphatic carbocycles. The van der Waals surface area contributed by atoms with Crippen molar-refractivity contribution < 1.29 is 5.11 Å². The average Bonchev–Trinajstić information content (AvgIpc) is 2.62. The van der Waals surface area contributed by atoms with E-state index < -0.39 is 0 Å². The summed E-state index contributed by atoms with van der Waals surface area (Å²) in [5.74, 6) is 1.17. The van der Waals surface area contributed by atoms with Crippen LogP contribution >= 0.6 is 0 Å². The molecule has 0 amide bonds. The molecule has 1 heterocycles. The van der Waals surface area contributed by atoms with Crippen LogP contribution < -0.4 is 10.3 Å². The molecule has 1 aromatic heterocycles. The lowest BCUT2D eigenvalue weighted by atomic mass is 10.2. The van der Waals surface area contributed by atoms with E-state index in [0.717, 1.165) is 16.9 Å². The highest BCUT2D eigenvalue weighted by atomic mass is 16.3. The number of hydrogen-bond acceptors (Lipinski definition) is 6. The molecule has 132 valence electrons. The van der Waals surface area contributed by atoms with Crippen molar-refractivity contribution in [2.75, 3.05) is 24.4 Å². The van der Waals surface area contributed by atoms with E-state index in [1.54, 1.807) is 30.5 Å². The Kier molecular flexibility index (Phi) is 5.12. The molecule has 0 saturated carbocycles. The molecule has 0 aliphatic rings. The first kappa shape index (κ1) is 17.4. The zero-order valence-electron chi connectivity index (χ0n) is 15.0. The van der Waals surface area contributed by atoms with E-state index in [2.05, 4.69) is 20.5 Å². The number of rotatable bonds is 5. The molecule has 3 aromatic rings. The number of phenolic OH excluding ortho intramolecular Hbond substituents is 1. The van der Waals surface area contributed by atoms with Crippen molar-refractivity contribution in [3.05, 3.63) is 65.9 Å². The smallest absolute Gasteiger partial charge is 0.165 e. The molecule has 0 spiro atoms. The summed E-state index contributed by atoms with van der Waals surface area (Å²) in [5.41, 5.74) is 6.41. The maximum absolute atomic E-state index is 10.00. The topological polar surface area (TPSA) is 73.6 Å². The number of aromatic nitrogens is 2. The van der Waals surface area contributed by atoms with Gasteiger partial charge in [-0.2, -0.15) is 5.10 Å². The Balaban J connectivity index is 1.77. The number of nitrogens with zero attached hydrogens (tertiary/aromatic N) is 4. The molecule has 2 N–H and O–H groups in total. The third-order valence-electron chi connectivity index (χ3n) is 3.80. The lowest BCUT2D eigenvalue weighted by Gasteiger charge is -2.11. The van der Waals surface area contributed by atoms with Gasteiger partial charge in [0.15, 0.2) is 11.6 Å². The normalized spacial score (nSPS) is 10.9. The minimum absolute atomic E-state index is 0.147. The number of phenols is 1. The van der Waals surface area contributed by atoms with E-state index in [-0.39, 0.29) is 5.75 Å². The van der Waals surface area contributed by atoms with Gasteiger partial charge in [-0.15, -0.1) is 0 Å². The summed E-state index contributed by atoms with van der Waals surface area (Å²) in [6.45, 7) is 1.88. The second-order valence-corrected chi connectivity index (χ2v) is 6.09. The number of anilines is 2. The molecule has 0 unspecified atom stereocenters. The average molecular weight is 347 g/mol. The molecule has 0 aliphatic heterocycles. The van der Waals surface area contributed by atoms with E-state index in [1.165, 1.54) is 0 Å². The molecule has 6 heteroatoms. The maximum Gasteiger partial charge on any atom is 0.165 e. The fourth-order valence-corrected chi connectivity index (χ4v) is 2.44. The maximum atomic E-state index is 10.00. The summed E-state index contributed by atoms with van der Waals surface area (Å²) in [6, 6.07) is 16.9. The summed E-state index contributed by atoms with van der Waals surface area (Å²) < 4.78 is 0. The van der Waals surface area contributed by atoms with E-state index in [0.29, 0.717) is 17.2 Å². The van der Waals surface area contributed by atoms with Crippen molar-refractivity contribution >= 4 is 17.7 Å². The van der Waals surface area contributed by atoms with Crippen molar-refractivity contribution in [2.45, 2.75) is 6.92 Å². The largest absolute Gasteiger partial charge is 0.507 e. The van der Waals surface area contributed by atoms with E-state index >= 15 is 0 Å². The third kappa shape index (κ3) is 4.16. The van der Waals surface area contributed by atoms with Gasteiger partial charge in [-0.3, -0.25) is 5.43 Å². The molecule has 0 fully saturated rings. The van der Waals surface area contributed by atoms with Gasteiger partial charge in [-0.05, 0) is 36.8 Å². The Morgan fingerprint density at radius 3 is 2.46 bits per heavy atom. The first-order valence-electron chi connectivity index (χ1n) is 8.23. The minimum atomic E-state index is 0.147. The Labute approximate surface area is 152 Å². The van der Waals surface area contributed by atoms with E-state index in [4.69, 9.17) is 0 Å². The number of benzene rings is 2. The number of hydrogen-bond donors (Lipinski definition) is 2. The van der Waals surface area contributed by atoms with Gasteiger partial charge in [0.05, 0.1) is 11.8 Å². The van der Waals surface area contributed by atoms with Crippen LogP contribution in [0.5, 0.6) is 5.75 Å². The fourth-order valence-electron chi connectivity index (χ4n) is 2.44. The second kappa shape index (κ2) is 7.65. The van der Waals surface area contributed by atoms with Crippen molar-refractivity contribution in [1.82, 2.24) is 9.97 Å². The van der Waals surface area contributed by atoms with Gasteiger partial charge in [0, 0.05) is 31.5 Å². The van der Waals surface area contributed by atoms with Crippen LogP contribution in [0.1, 0.15) is 11.3 Å². The molecule has 0 bridgehead atoms. The number of nitrogens with one attached hydrogen (secondary N) is 1. The van der Waals surface area contributed by atoms with Gasteiger partial charge in [0.25, 0.3) is 0 Å². The molecule has 26 heavy (non-hydrogen) atoms. The highest BCUT2D eigenvalue weighted by molar-refractivity contribution is 5.81. The van der Waals surface area contributed by atoms with Crippen molar-refractivity contribution in [3.8, 4) is 17.1 Å². The van der Waals surface area contributed by atoms with Crippen molar-refractivity contribution in [2.24, 2.45) is 5.10 Å². The monoisotopic (exact) mass is 347 g/mol. The van der Waals surface area contributed by atoms with E-state index in [1.807, 2.05) is 56.3 Å². The Bertz CT molecular complexity index is 920.